The molecular formula is C16H18N2O4S2. The molecule has 0 bridgehead atoms. The van der Waals surface area contributed by atoms with E-state index in [1.54, 1.807) is 40.6 Å². The number of carbonyl (C=O) groups excluding carboxylic acids is 1. The topological polar surface area (TPSA) is 75.7 Å². The van der Waals surface area contributed by atoms with Crippen LogP contribution in [0.15, 0.2) is 39.9 Å². The Morgan fingerprint density at radius 1 is 1.25 bits per heavy atom. The maximum Gasteiger partial charge on any atom is 0.271 e. The number of sulfonamides is 1. The van der Waals surface area contributed by atoms with Crippen LogP contribution in [0.1, 0.15) is 19.3 Å². The van der Waals surface area contributed by atoms with E-state index >= 15 is 0 Å². The minimum atomic E-state index is -3.63. The van der Waals surface area contributed by atoms with Crippen LogP contribution in [-0.4, -0.2) is 28.0 Å². The van der Waals surface area contributed by atoms with Gasteiger partial charge in [-0.1, -0.05) is 6.07 Å². The lowest BCUT2D eigenvalue weighted by molar-refractivity contribution is -0.119. The molecule has 0 radical (unpaired) electrons. The largest absolute Gasteiger partial charge is 0.495 e. The number of benzene rings is 1. The molecule has 24 heavy (non-hydrogen) atoms. The Labute approximate surface area is 145 Å². The van der Waals surface area contributed by atoms with Gasteiger partial charge in [0.2, 0.25) is 5.91 Å². The summed E-state index contributed by atoms with van der Waals surface area (Å²) in [5.74, 6) is 0.571. The van der Waals surface area contributed by atoms with Gasteiger partial charge in [0.05, 0.1) is 18.5 Å². The van der Waals surface area contributed by atoms with Gasteiger partial charge in [-0.2, -0.15) is 0 Å². The molecule has 128 valence electrons. The highest BCUT2D eigenvalue weighted by atomic mass is 32.2. The Balaban J connectivity index is 1.93. The lowest BCUT2D eigenvalue weighted by atomic mass is 10.1. The van der Waals surface area contributed by atoms with Crippen molar-refractivity contribution in [3.8, 4) is 5.75 Å². The number of anilines is 2. The summed E-state index contributed by atoms with van der Waals surface area (Å²) in [6.07, 6.45) is 2.29. The Bertz CT molecular complexity index is 832. The number of hydrogen-bond acceptors (Lipinski definition) is 5. The van der Waals surface area contributed by atoms with Gasteiger partial charge in [0.1, 0.15) is 9.96 Å². The fourth-order valence-corrected chi connectivity index (χ4v) is 4.69. The molecule has 1 fully saturated rings. The van der Waals surface area contributed by atoms with Crippen molar-refractivity contribution in [3.63, 3.8) is 0 Å². The lowest BCUT2D eigenvalue weighted by Gasteiger charge is -2.28. The van der Waals surface area contributed by atoms with Crippen LogP contribution in [0.5, 0.6) is 5.75 Å². The SMILES string of the molecule is COc1ccc(NS(=O)(=O)c2cccs2)cc1N1CCCCC1=O. The first-order chi connectivity index (χ1) is 11.5. The van der Waals surface area contributed by atoms with Crippen LogP contribution < -0.4 is 14.4 Å². The van der Waals surface area contributed by atoms with Crippen molar-refractivity contribution >= 4 is 38.6 Å². The number of rotatable bonds is 5. The van der Waals surface area contributed by atoms with E-state index in [9.17, 15) is 13.2 Å². The van der Waals surface area contributed by atoms with Crippen molar-refractivity contribution in [2.24, 2.45) is 0 Å². The van der Waals surface area contributed by atoms with Crippen LogP contribution in [0.3, 0.4) is 0 Å². The van der Waals surface area contributed by atoms with Crippen LogP contribution in [0.25, 0.3) is 0 Å². The summed E-state index contributed by atoms with van der Waals surface area (Å²) < 4.78 is 32.8. The van der Waals surface area contributed by atoms with Gasteiger partial charge in [-0.25, -0.2) is 8.42 Å². The Morgan fingerprint density at radius 3 is 2.75 bits per heavy atom. The third kappa shape index (κ3) is 3.39. The molecule has 1 N–H and O–H groups in total. The van der Waals surface area contributed by atoms with E-state index in [1.807, 2.05) is 0 Å². The van der Waals surface area contributed by atoms with Crippen molar-refractivity contribution in [1.29, 1.82) is 0 Å². The summed E-state index contributed by atoms with van der Waals surface area (Å²) in [4.78, 5) is 13.8. The van der Waals surface area contributed by atoms with Crippen LogP contribution in [0.2, 0.25) is 0 Å². The molecule has 8 heteroatoms. The van der Waals surface area contributed by atoms with Crippen molar-refractivity contribution in [2.75, 3.05) is 23.3 Å². The second kappa shape index (κ2) is 6.82. The number of methoxy groups -OCH3 is 1. The quantitative estimate of drug-likeness (QED) is 0.882. The summed E-state index contributed by atoms with van der Waals surface area (Å²) in [5.41, 5.74) is 0.992. The van der Waals surface area contributed by atoms with Gasteiger partial charge in [-0.15, -0.1) is 11.3 Å². The molecule has 1 aromatic carbocycles. The molecule has 1 aromatic heterocycles. The molecule has 1 saturated heterocycles. The molecule has 0 aliphatic carbocycles. The standard InChI is InChI=1S/C16H18N2O4S2/c1-22-14-8-7-12(17-24(20,21)16-6-4-10-23-16)11-13(14)18-9-3-2-5-15(18)19/h4,6-8,10-11,17H,2-3,5,9H2,1H3. The zero-order chi connectivity index (χ0) is 17.2. The molecule has 6 nitrogen and oxygen atoms in total. The van der Waals surface area contributed by atoms with Gasteiger partial charge in [-0.3, -0.25) is 9.52 Å². The third-order valence-electron chi connectivity index (χ3n) is 3.81. The number of nitrogens with one attached hydrogen (secondary N) is 1. The van der Waals surface area contributed by atoms with E-state index in [4.69, 9.17) is 4.74 Å². The number of nitrogens with zero attached hydrogens (tertiary/aromatic N) is 1. The van der Waals surface area contributed by atoms with E-state index < -0.39 is 10.0 Å². The second-order valence-electron chi connectivity index (χ2n) is 5.43. The van der Waals surface area contributed by atoms with E-state index in [0.717, 1.165) is 24.2 Å². The van der Waals surface area contributed by atoms with E-state index in [-0.39, 0.29) is 10.1 Å². The van der Waals surface area contributed by atoms with E-state index in [2.05, 4.69) is 4.72 Å². The number of carbonyl (C=O) groups is 1. The molecule has 0 unspecified atom stereocenters. The number of ether oxygens (including phenoxy) is 1. The fourth-order valence-electron chi connectivity index (χ4n) is 2.65. The minimum absolute atomic E-state index is 0.0258. The summed E-state index contributed by atoms with van der Waals surface area (Å²) in [7, 11) is -2.10. The Hall–Kier alpha value is -2.06. The smallest absolute Gasteiger partial charge is 0.271 e. The number of hydrogen-bond donors (Lipinski definition) is 1. The average Bonchev–Trinajstić information content (AvgIpc) is 3.10. The molecular weight excluding hydrogens is 348 g/mol. The highest BCUT2D eigenvalue weighted by molar-refractivity contribution is 7.94. The number of piperidine rings is 1. The lowest BCUT2D eigenvalue weighted by Crippen LogP contribution is -2.35. The average molecular weight is 366 g/mol. The molecule has 3 rings (SSSR count). The molecule has 0 saturated carbocycles. The fraction of sp³-hybridized carbons (Fsp3) is 0.312. The molecule has 1 aliphatic heterocycles. The van der Waals surface area contributed by atoms with Gasteiger partial charge in [-0.05, 0) is 42.5 Å². The molecule has 2 aromatic rings. The van der Waals surface area contributed by atoms with Crippen LogP contribution in [0.4, 0.5) is 11.4 Å². The molecule has 2 heterocycles. The van der Waals surface area contributed by atoms with Crippen LogP contribution in [-0.2, 0) is 14.8 Å². The molecule has 0 atom stereocenters. The van der Waals surface area contributed by atoms with Gasteiger partial charge in [0.15, 0.2) is 0 Å². The maximum atomic E-state index is 12.4. The van der Waals surface area contributed by atoms with Crippen molar-refractivity contribution in [1.82, 2.24) is 0 Å². The molecule has 1 aliphatic rings. The second-order valence-corrected chi connectivity index (χ2v) is 8.28. The number of thiophene rings is 1. The van der Waals surface area contributed by atoms with E-state index in [1.165, 1.54) is 7.11 Å². The highest BCUT2D eigenvalue weighted by Crippen LogP contribution is 2.34. The van der Waals surface area contributed by atoms with Gasteiger partial charge < -0.3 is 9.64 Å². The zero-order valence-corrected chi connectivity index (χ0v) is 14.8. The summed E-state index contributed by atoms with van der Waals surface area (Å²) >= 11 is 1.15. The summed E-state index contributed by atoms with van der Waals surface area (Å²) in [6.45, 7) is 0.607. The summed E-state index contributed by atoms with van der Waals surface area (Å²) in [5, 5.41) is 1.71. The Kier molecular flexibility index (Phi) is 4.77. The van der Waals surface area contributed by atoms with Crippen molar-refractivity contribution < 1.29 is 17.9 Å². The Morgan fingerprint density at radius 2 is 2.08 bits per heavy atom. The van der Waals surface area contributed by atoms with Crippen molar-refractivity contribution in [3.05, 3.63) is 35.7 Å². The van der Waals surface area contributed by atoms with Gasteiger partial charge >= 0.3 is 0 Å². The van der Waals surface area contributed by atoms with E-state index in [0.29, 0.717) is 30.1 Å². The van der Waals surface area contributed by atoms with Crippen LogP contribution in [0, 0.1) is 0 Å². The predicted molar refractivity (Wildman–Crippen MR) is 94.3 cm³/mol. The predicted octanol–water partition coefficient (Wildman–Crippen LogP) is 3.07. The first-order valence-electron chi connectivity index (χ1n) is 7.56. The first kappa shape index (κ1) is 16.8. The van der Waals surface area contributed by atoms with Crippen LogP contribution >= 0.6 is 11.3 Å². The molecule has 0 spiro atoms. The molecule has 1 amide bonds. The van der Waals surface area contributed by atoms with Gasteiger partial charge in [0.25, 0.3) is 10.0 Å². The third-order valence-corrected chi connectivity index (χ3v) is 6.58. The summed E-state index contributed by atoms with van der Waals surface area (Å²) in [6, 6.07) is 8.18. The van der Waals surface area contributed by atoms with Gasteiger partial charge in [0, 0.05) is 13.0 Å². The number of amides is 1. The highest BCUT2D eigenvalue weighted by Gasteiger charge is 2.24. The first-order valence-corrected chi connectivity index (χ1v) is 9.92. The maximum absolute atomic E-state index is 12.4. The normalized spacial score (nSPS) is 15.4. The van der Waals surface area contributed by atoms with Crippen molar-refractivity contribution in [2.45, 2.75) is 23.5 Å². The monoisotopic (exact) mass is 366 g/mol. The minimum Gasteiger partial charge on any atom is -0.495 e. The zero-order valence-electron chi connectivity index (χ0n) is 13.2.